The molecule has 2 nitrogen and oxygen atoms in total. The van der Waals surface area contributed by atoms with E-state index in [-0.39, 0.29) is 6.04 Å². The number of aliphatic imine (C=N–C) groups is 1. The third-order valence-electron chi connectivity index (χ3n) is 1.27. The maximum Gasteiger partial charge on any atom is 0.193 e. The minimum atomic E-state index is 0.237. The number of methoxy groups -OCH3 is 1. The summed E-state index contributed by atoms with van der Waals surface area (Å²) in [5, 5.41) is 0.831. The number of hydrogen-bond donors (Lipinski definition) is 0. The maximum absolute atomic E-state index is 5.12. The largest absolute Gasteiger partial charge is 0.487 e. The van der Waals surface area contributed by atoms with E-state index >= 15 is 0 Å². The maximum atomic E-state index is 5.12. The minimum Gasteiger partial charge on any atom is -0.487 e. The van der Waals surface area contributed by atoms with Gasteiger partial charge in [-0.25, -0.2) is 0 Å². The van der Waals surface area contributed by atoms with E-state index in [0.717, 1.165) is 10.8 Å². The second-order valence-electron chi connectivity index (χ2n) is 2.84. The number of thioether (sulfide) groups is 1. The highest BCUT2D eigenvalue weighted by molar-refractivity contribution is 8.14. The fourth-order valence-electron chi connectivity index (χ4n) is 0.769. The fraction of sp³-hybridized carbons (Fsp3) is 0.455. The Bertz CT molecular complexity index is 262. The Morgan fingerprint density at radius 1 is 1.64 bits per heavy atom. The molecule has 0 bridgehead atoms. The zero-order chi connectivity index (χ0) is 11.0. The van der Waals surface area contributed by atoms with Crippen molar-refractivity contribution in [3.05, 3.63) is 30.7 Å². The first-order valence-corrected chi connectivity index (χ1v) is 5.40. The van der Waals surface area contributed by atoms with Gasteiger partial charge in [-0.1, -0.05) is 30.1 Å². The van der Waals surface area contributed by atoms with Gasteiger partial charge in [0.05, 0.1) is 7.11 Å². The van der Waals surface area contributed by atoms with E-state index < -0.39 is 0 Å². The van der Waals surface area contributed by atoms with Crippen molar-refractivity contribution in [2.24, 2.45) is 4.99 Å². The van der Waals surface area contributed by atoms with Gasteiger partial charge in [-0.15, -0.1) is 6.58 Å². The van der Waals surface area contributed by atoms with Crippen molar-refractivity contribution < 1.29 is 4.74 Å². The Balaban J connectivity index is 4.70. The van der Waals surface area contributed by atoms with Crippen LogP contribution in [-0.4, -0.2) is 23.9 Å². The molecule has 78 valence electrons. The van der Waals surface area contributed by atoms with Crippen LogP contribution in [0, 0.1) is 0 Å². The van der Waals surface area contributed by atoms with Gasteiger partial charge >= 0.3 is 0 Å². The van der Waals surface area contributed by atoms with Crippen molar-refractivity contribution in [3.8, 4) is 0 Å². The van der Waals surface area contributed by atoms with Crippen molar-refractivity contribution in [1.29, 1.82) is 0 Å². The van der Waals surface area contributed by atoms with Gasteiger partial charge < -0.3 is 4.74 Å². The Morgan fingerprint density at radius 2 is 2.29 bits per heavy atom. The predicted molar refractivity (Wildman–Crippen MR) is 64.9 cm³/mol. The Labute approximate surface area is 90.5 Å². The Kier molecular flexibility index (Phi) is 6.99. The van der Waals surface area contributed by atoms with Crippen LogP contribution in [0.4, 0.5) is 0 Å². The van der Waals surface area contributed by atoms with Crippen LogP contribution in [0.25, 0.3) is 0 Å². The monoisotopic (exact) mass is 211 g/mol. The summed E-state index contributed by atoms with van der Waals surface area (Å²) in [7, 11) is 1.60. The molecule has 0 aliphatic carbocycles. The molecule has 0 radical (unpaired) electrons. The summed E-state index contributed by atoms with van der Waals surface area (Å²) in [6.07, 6.45) is 1.83. The van der Waals surface area contributed by atoms with Crippen molar-refractivity contribution in [2.75, 3.05) is 12.9 Å². The molecular formula is C11H17NOS. The Morgan fingerprint density at radius 3 is 2.64 bits per heavy atom. The van der Waals surface area contributed by atoms with Crippen LogP contribution >= 0.6 is 11.8 Å². The molecular weight excluding hydrogens is 194 g/mol. The van der Waals surface area contributed by atoms with E-state index in [1.54, 1.807) is 18.9 Å². The van der Waals surface area contributed by atoms with Crippen molar-refractivity contribution in [1.82, 2.24) is 0 Å². The van der Waals surface area contributed by atoms with E-state index in [1.807, 2.05) is 19.9 Å². The molecule has 0 saturated heterocycles. The fourth-order valence-corrected chi connectivity index (χ4v) is 1.62. The molecule has 0 heterocycles. The predicted octanol–water partition coefficient (Wildman–Crippen LogP) is 3.03. The van der Waals surface area contributed by atoms with E-state index in [0.29, 0.717) is 5.76 Å². The number of rotatable bonds is 5. The van der Waals surface area contributed by atoms with E-state index in [4.69, 9.17) is 4.74 Å². The van der Waals surface area contributed by atoms with Crippen LogP contribution in [0.3, 0.4) is 0 Å². The molecule has 0 spiro atoms. The summed E-state index contributed by atoms with van der Waals surface area (Å²) >= 11 is 1.57. The first-order chi connectivity index (χ1) is 6.65. The highest BCUT2D eigenvalue weighted by Crippen LogP contribution is 2.14. The van der Waals surface area contributed by atoms with Gasteiger partial charge in [-0.2, -0.15) is 0 Å². The summed E-state index contributed by atoms with van der Waals surface area (Å²) in [6.45, 7) is 11.3. The van der Waals surface area contributed by atoms with Crippen LogP contribution in [-0.2, 0) is 4.74 Å². The molecule has 0 unspecified atom stereocenters. The molecule has 0 fully saturated rings. The number of nitrogens with zero attached hydrogens (tertiary/aromatic N) is 1. The van der Waals surface area contributed by atoms with E-state index in [2.05, 4.69) is 23.9 Å². The smallest absolute Gasteiger partial charge is 0.193 e. The topological polar surface area (TPSA) is 21.6 Å². The first kappa shape index (κ1) is 13.1. The van der Waals surface area contributed by atoms with E-state index in [9.17, 15) is 0 Å². The van der Waals surface area contributed by atoms with Crippen LogP contribution in [0.1, 0.15) is 13.8 Å². The van der Waals surface area contributed by atoms with Crippen molar-refractivity contribution in [2.45, 2.75) is 19.9 Å². The SMILES string of the molecule is C=C=C(OC)C(=NC(C)C)SCC=C. The second kappa shape index (κ2) is 7.48. The lowest BCUT2D eigenvalue weighted by molar-refractivity contribution is 0.317. The number of ether oxygens (including phenoxy) is 1. The third-order valence-corrected chi connectivity index (χ3v) is 2.24. The lowest BCUT2D eigenvalue weighted by Gasteiger charge is -2.07. The standard InChI is InChI=1S/C11H17NOS/c1-6-8-14-11(12-9(3)4)10(7-2)13-5/h6,9H,1-2,8H2,3-5H3. The normalized spacial score (nSPS) is 11.0. The van der Waals surface area contributed by atoms with Gasteiger partial charge in [0.1, 0.15) is 5.04 Å². The van der Waals surface area contributed by atoms with Crippen LogP contribution in [0.2, 0.25) is 0 Å². The van der Waals surface area contributed by atoms with Crippen LogP contribution in [0.15, 0.2) is 35.7 Å². The summed E-state index contributed by atoms with van der Waals surface area (Å²) in [4.78, 5) is 4.42. The van der Waals surface area contributed by atoms with Gasteiger partial charge in [0.15, 0.2) is 5.76 Å². The molecule has 0 saturated carbocycles. The quantitative estimate of drug-likeness (QED) is 0.229. The van der Waals surface area contributed by atoms with Crippen molar-refractivity contribution in [3.63, 3.8) is 0 Å². The number of hydrogen-bond acceptors (Lipinski definition) is 3. The molecule has 0 aromatic rings. The third kappa shape index (κ3) is 4.95. The molecule has 0 rings (SSSR count). The van der Waals surface area contributed by atoms with Gasteiger partial charge in [-0.3, -0.25) is 4.99 Å². The minimum absolute atomic E-state index is 0.237. The lowest BCUT2D eigenvalue weighted by Crippen LogP contribution is -2.04. The summed E-state index contributed by atoms with van der Waals surface area (Å²) < 4.78 is 5.12. The Hall–Kier alpha value is -0.920. The molecule has 0 aromatic heterocycles. The van der Waals surface area contributed by atoms with Crippen LogP contribution < -0.4 is 0 Å². The highest BCUT2D eigenvalue weighted by Gasteiger charge is 2.07. The molecule has 0 aliphatic rings. The zero-order valence-electron chi connectivity index (χ0n) is 9.04. The average molecular weight is 211 g/mol. The molecule has 0 aliphatic heterocycles. The molecule has 14 heavy (non-hydrogen) atoms. The molecule has 0 N–H and O–H groups in total. The van der Waals surface area contributed by atoms with E-state index in [1.165, 1.54) is 0 Å². The second-order valence-corrected chi connectivity index (χ2v) is 3.85. The summed E-state index contributed by atoms with van der Waals surface area (Å²) in [5.41, 5.74) is 2.72. The molecule has 0 aromatic carbocycles. The molecule has 0 amide bonds. The van der Waals surface area contributed by atoms with Gasteiger partial charge in [0.2, 0.25) is 0 Å². The molecule has 3 heteroatoms. The average Bonchev–Trinajstić information content (AvgIpc) is 2.15. The van der Waals surface area contributed by atoms with Gasteiger partial charge in [-0.05, 0) is 13.8 Å². The first-order valence-electron chi connectivity index (χ1n) is 4.41. The van der Waals surface area contributed by atoms with Gasteiger partial charge in [0.25, 0.3) is 0 Å². The molecule has 0 atom stereocenters. The highest BCUT2D eigenvalue weighted by atomic mass is 32.2. The zero-order valence-corrected chi connectivity index (χ0v) is 9.86. The van der Waals surface area contributed by atoms with Crippen molar-refractivity contribution >= 4 is 16.8 Å². The van der Waals surface area contributed by atoms with Gasteiger partial charge in [0, 0.05) is 11.8 Å². The van der Waals surface area contributed by atoms with Crippen LogP contribution in [0.5, 0.6) is 0 Å². The summed E-state index contributed by atoms with van der Waals surface area (Å²) in [5.74, 6) is 1.41. The summed E-state index contributed by atoms with van der Waals surface area (Å²) in [6, 6.07) is 0.237. The lowest BCUT2D eigenvalue weighted by atomic mass is 10.4.